The van der Waals surface area contributed by atoms with Gasteiger partial charge in [0.05, 0.1) is 22.1 Å². The van der Waals surface area contributed by atoms with Crippen molar-refractivity contribution in [3.05, 3.63) is 77.0 Å². The number of thioether (sulfide) groups is 1. The van der Waals surface area contributed by atoms with E-state index in [4.69, 9.17) is 27.6 Å². The van der Waals surface area contributed by atoms with Gasteiger partial charge in [-0.25, -0.2) is 0 Å². The van der Waals surface area contributed by atoms with Gasteiger partial charge in [-0.1, -0.05) is 53.2 Å². The summed E-state index contributed by atoms with van der Waals surface area (Å²) >= 11 is 13.2. The number of carbonyl (C=O) groups excluding carboxylic acids is 1. The molecule has 0 saturated heterocycles. The second-order valence-electron chi connectivity index (χ2n) is 5.92. The first kappa shape index (κ1) is 19.6. The van der Waals surface area contributed by atoms with E-state index >= 15 is 0 Å². The number of para-hydroxylation sites is 1. The zero-order valence-corrected chi connectivity index (χ0v) is 17.2. The van der Waals surface area contributed by atoms with E-state index in [0.29, 0.717) is 32.5 Å². The molecule has 0 unspecified atom stereocenters. The molecule has 0 aliphatic rings. The van der Waals surface area contributed by atoms with Gasteiger partial charge in [0.25, 0.3) is 0 Å². The van der Waals surface area contributed by atoms with Gasteiger partial charge in [-0.2, -0.15) is 0 Å². The van der Waals surface area contributed by atoms with Crippen LogP contribution in [0.3, 0.4) is 0 Å². The molecular weight excluding hydrogens is 431 g/mol. The highest BCUT2D eigenvalue weighted by atomic mass is 35.5. The van der Waals surface area contributed by atoms with E-state index in [1.807, 2.05) is 41.0 Å². The van der Waals surface area contributed by atoms with E-state index in [2.05, 4.69) is 15.5 Å². The molecule has 146 valence electrons. The summed E-state index contributed by atoms with van der Waals surface area (Å²) in [5, 5.41) is 12.7. The lowest BCUT2D eigenvalue weighted by Gasteiger charge is -2.09. The minimum absolute atomic E-state index is 0.142. The van der Waals surface area contributed by atoms with Crippen molar-refractivity contribution in [1.29, 1.82) is 0 Å². The van der Waals surface area contributed by atoms with E-state index in [1.54, 1.807) is 30.5 Å². The first-order valence-corrected chi connectivity index (χ1v) is 10.3. The number of anilines is 1. The SMILES string of the molecule is O=C(CSc1nnc(-c2ccco2)n1-c1ccccc1)Nc1ccc(Cl)c(Cl)c1. The maximum Gasteiger partial charge on any atom is 0.234 e. The molecule has 0 radical (unpaired) electrons. The van der Waals surface area contributed by atoms with Crippen LogP contribution in [0.25, 0.3) is 17.3 Å². The van der Waals surface area contributed by atoms with Crippen molar-refractivity contribution in [2.24, 2.45) is 0 Å². The summed E-state index contributed by atoms with van der Waals surface area (Å²) in [5.41, 5.74) is 1.45. The molecule has 6 nitrogen and oxygen atoms in total. The number of aromatic nitrogens is 3. The van der Waals surface area contributed by atoms with Crippen LogP contribution in [0.2, 0.25) is 10.0 Å². The Labute approximate surface area is 180 Å². The normalized spacial score (nSPS) is 10.8. The van der Waals surface area contributed by atoms with Gasteiger partial charge < -0.3 is 9.73 Å². The van der Waals surface area contributed by atoms with Gasteiger partial charge in [0.2, 0.25) is 11.7 Å². The van der Waals surface area contributed by atoms with Crippen molar-refractivity contribution >= 4 is 46.6 Å². The molecule has 0 aliphatic heterocycles. The number of furan rings is 1. The molecule has 9 heteroatoms. The van der Waals surface area contributed by atoms with Crippen LogP contribution in [-0.2, 0) is 4.79 Å². The van der Waals surface area contributed by atoms with Crippen LogP contribution in [0.15, 0.2) is 76.5 Å². The fourth-order valence-electron chi connectivity index (χ4n) is 2.64. The van der Waals surface area contributed by atoms with Crippen LogP contribution in [0.1, 0.15) is 0 Å². The Bertz CT molecular complexity index is 1130. The van der Waals surface area contributed by atoms with Gasteiger partial charge in [-0.05, 0) is 42.5 Å². The van der Waals surface area contributed by atoms with E-state index in [9.17, 15) is 4.79 Å². The number of amides is 1. The third-order valence-electron chi connectivity index (χ3n) is 3.93. The fraction of sp³-hybridized carbons (Fsp3) is 0.0500. The molecule has 0 fully saturated rings. The Kier molecular flexibility index (Phi) is 5.89. The molecule has 2 heterocycles. The first-order valence-electron chi connectivity index (χ1n) is 8.54. The molecule has 0 aliphatic carbocycles. The molecule has 4 aromatic rings. The zero-order valence-electron chi connectivity index (χ0n) is 14.9. The Morgan fingerprint density at radius 2 is 1.86 bits per heavy atom. The largest absolute Gasteiger partial charge is 0.461 e. The molecule has 0 bridgehead atoms. The number of hydrogen-bond acceptors (Lipinski definition) is 5. The maximum atomic E-state index is 12.4. The summed E-state index contributed by atoms with van der Waals surface area (Å²) in [6, 6.07) is 18.2. The van der Waals surface area contributed by atoms with Crippen molar-refractivity contribution in [2.45, 2.75) is 5.16 Å². The molecule has 1 amide bonds. The molecule has 2 aromatic heterocycles. The van der Waals surface area contributed by atoms with Crippen LogP contribution in [0.4, 0.5) is 5.69 Å². The molecule has 0 atom stereocenters. The van der Waals surface area contributed by atoms with Gasteiger partial charge in [-0.3, -0.25) is 9.36 Å². The smallest absolute Gasteiger partial charge is 0.234 e. The molecule has 4 rings (SSSR count). The van der Waals surface area contributed by atoms with Crippen LogP contribution in [0, 0.1) is 0 Å². The average Bonchev–Trinajstić information content (AvgIpc) is 3.39. The second kappa shape index (κ2) is 8.73. The lowest BCUT2D eigenvalue weighted by molar-refractivity contribution is -0.113. The summed E-state index contributed by atoms with van der Waals surface area (Å²) in [6.45, 7) is 0. The minimum Gasteiger partial charge on any atom is -0.461 e. The highest BCUT2D eigenvalue weighted by Crippen LogP contribution is 2.29. The molecule has 29 heavy (non-hydrogen) atoms. The average molecular weight is 445 g/mol. The zero-order chi connectivity index (χ0) is 20.2. The van der Waals surface area contributed by atoms with Crippen LogP contribution < -0.4 is 5.32 Å². The standard InChI is InChI=1S/C20H14Cl2N4O2S/c21-15-9-8-13(11-16(15)22)23-18(27)12-29-20-25-24-19(17-7-4-10-28-17)26(20)14-5-2-1-3-6-14/h1-11H,12H2,(H,23,27). The van der Waals surface area contributed by atoms with Crippen molar-refractivity contribution < 1.29 is 9.21 Å². The molecule has 1 N–H and O–H groups in total. The molecule has 2 aromatic carbocycles. The molecule has 0 spiro atoms. The molecule has 0 saturated carbocycles. The summed E-state index contributed by atoms with van der Waals surface area (Å²) in [7, 11) is 0. The third kappa shape index (κ3) is 4.48. The van der Waals surface area contributed by atoms with Gasteiger partial charge in [0, 0.05) is 11.4 Å². The number of nitrogens with one attached hydrogen (secondary N) is 1. The van der Waals surface area contributed by atoms with Crippen molar-refractivity contribution in [3.8, 4) is 17.3 Å². The summed E-state index contributed by atoms with van der Waals surface area (Å²) < 4.78 is 7.34. The Hall–Kier alpha value is -2.74. The van der Waals surface area contributed by atoms with Gasteiger partial charge in [-0.15, -0.1) is 10.2 Å². The number of nitrogens with zero attached hydrogens (tertiary/aromatic N) is 3. The maximum absolute atomic E-state index is 12.4. The monoisotopic (exact) mass is 444 g/mol. The number of benzene rings is 2. The summed E-state index contributed by atoms with van der Waals surface area (Å²) in [6.07, 6.45) is 1.58. The minimum atomic E-state index is -0.199. The summed E-state index contributed by atoms with van der Waals surface area (Å²) in [4.78, 5) is 12.4. The highest BCUT2D eigenvalue weighted by molar-refractivity contribution is 7.99. The van der Waals surface area contributed by atoms with Gasteiger partial charge in [0.15, 0.2) is 10.9 Å². The Morgan fingerprint density at radius 1 is 1.03 bits per heavy atom. The van der Waals surface area contributed by atoms with E-state index < -0.39 is 0 Å². The number of carbonyl (C=O) groups is 1. The quantitative estimate of drug-likeness (QED) is 0.393. The second-order valence-corrected chi connectivity index (χ2v) is 7.68. The van der Waals surface area contributed by atoms with Crippen LogP contribution >= 0.6 is 35.0 Å². The van der Waals surface area contributed by atoms with E-state index in [-0.39, 0.29) is 11.7 Å². The first-order chi connectivity index (χ1) is 14.1. The third-order valence-corrected chi connectivity index (χ3v) is 5.59. The van der Waals surface area contributed by atoms with E-state index in [0.717, 1.165) is 5.69 Å². The molecular formula is C20H14Cl2N4O2S. The van der Waals surface area contributed by atoms with Gasteiger partial charge in [0.1, 0.15) is 0 Å². The van der Waals surface area contributed by atoms with E-state index in [1.165, 1.54) is 11.8 Å². The van der Waals surface area contributed by atoms with Crippen molar-refractivity contribution in [3.63, 3.8) is 0 Å². The lowest BCUT2D eigenvalue weighted by atomic mass is 10.3. The topological polar surface area (TPSA) is 73.0 Å². The van der Waals surface area contributed by atoms with Gasteiger partial charge >= 0.3 is 0 Å². The lowest BCUT2D eigenvalue weighted by Crippen LogP contribution is -2.14. The number of halogens is 2. The number of hydrogen-bond donors (Lipinski definition) is 1. The predicted octanol–water partition coefficient (Wildman–Crippen LogP) is 5.56. The fourth-order valence-corrected chi connectivity index (χ4v) is 3.69. The Balaban J connectivity index is 1.54. The predicted molar refractivity (Wildman–Crippen MR) is 115 cm³/mol. The highest BCUT2D eigenvalue weighted by Gasteiger charge is 2.18. The van der Waals surface area contributed by atoms with Crippen LogP contribution in [0.5, 0.6) is 0 Å². The Morgan fingerprint density at radius 3 is 2.59 bits per heavy atom. The van der Waals surface area contributed by atoms with Crippen LogP contribution in [-0.4, -0.2) is 26.4 Å². The summed E-state index contributed by atoms with van der Waals surface area (Å²) in [5.74, 6) is 1.10. The van der Waals surface area contributed by atoms with Crippen molar-refractivity contribution in [2.75, 3.05) is 11.1 Å². The number of rotatable bonds is 6. The van der Waals surface area contributed by atoms with Crippen molar-refractivity contribution in [1.82, 2.24) is 14.8 Å².